The molecular weight excluding hydrogens is 292 g/mol. The molecule has 0 unspecified atom stereocenters. The summed E-state index contributed by atoms with van der Waals surface area (Å²) in [6, 6.07) is 9.91. The Balaban J connectivity index is 1.89. The van der Waals surface area contributed by atoms with Gasteiger partial charge in [-0.1, -0.05) is 17.7 Å². The molecule has 110 valence electrons. The summed E-state index contributed by atoms with van der Waals surface area (Å²) in [5.74, 6) is -0.139. The summed E-state index contributed by atoms with van der Waals surface area (Å²) >= 11 is 1.60. The van der Waals surface area contributed by atoms with Crippen molar-refractivity contribution < 1.29 is 4.79 Å². The second-order valence-corrected chi connectivity index (χ2v) is 6.15. The minimum atomic E-state index is -0.139. The molecule has 0 aliphatic carbocycles. The van der Waals surface area contributed by atoms with Gasteiger partial charge in [0.05, 0.1) is 11.2 Å². The number of nitrogens with one attached hydrogen (secondary N) is 1. The maximum atomic E-state index is 12.1. The Bertz CT molecular complexity index is 851. The number of pyridine rings is 1. The third-order valence-electron chi connectivity index (χ3n) is 3.38. The van der Waals surface area contributed by atoms with Gasteiger partial charge in [-0.2, -0.15) is 0 Å². The van der Waals surface area contributed by atoms with Crippen LogP contribution in [0, 0.1) is 13.8 Å². The Kier molecular flexibility index (Phi) is 4.02. The first-order chi connectivity index (χ1) is 10.6. The van der Waals surface area contributed by atoms with Crippen LogP contribution in [0.2, 0.25) is 0 Å². The number of aromatic nitrogens is 1. The topological polar surface area (TPSA) is 42.0 Å². The van der Waals surface area contributed by atoms with Crippen molar-refractivity contribution in [2.45, 2.75) is 13.8 Å². The fourth-order valence-corrected chi connectivity index (χ4v) is 3.06. The Morgan fingerprint density at radius 1 is 1.27 bits per heavy atom. The summed E-state index contributed by atoms with van der Waals surface area (Å²) in [7, 11) is 0. The number of anilines is 1. The fraction of sp³-hybridized carbons (Fsp3) is 0.111. The number of aryl methyl sites for hydroxylation is 2. The lowest BCUT2D eigenvalue weighted by Crippen LogP contribution is -2.08. The van der Waals surface area contributed by atoms with Gasteiger partial charge in [-0.15, -0.1) is 11.3 Å². The Hall–Kier alpha value is -2.46. The van der Waals surface area contributed by atoms with Crippen LogP contribution >= 0.6 is 11.3 Å². The van der Waals surface area contributed by atoms with Crippen LogP contribution in [-0.2, 0) is 4.79 Å². The molecule has 22 heavy (non-hydrogen) atoms. The molecule has 0 aliphatic heterocycles. The molecule has 3 rings (SSSR count). The molecule has 0 saturated carbocycles. The van der Waals surface area contributed by atoms with Crippen molar-refractivity contribution in [3.05, 3.63) is 64.0 Å². The maximum Gasteiger partial charge on any atom is 0.248 e. The smallest absolute Gasteiger partial charge is 0.248 e. The standard InChI is InChI=1S/C18H16N2OS/c1-12-10-13(2)18-15(11-12)16(7-8-19-18)20-17(21)6-5-14-4-3-9-22-14/h3-11H,1-2H3,(H,19,20,21)/b6-5+. The van der Waals surface area contributed by atoms with Crippen LogP contribution < -0.4 is 5.32 Å². The van der Waals surface area contributed by atoms with Gasteiger partial charge in [-0.3, -0.25) is 9.78 Å². The summed E-state index contributed by atoms with van der Waals surface area (Å²) < 4.78 is 0. The molecule has 0 radical (unpaired) electrons. The van der Waals surface area contributed by atoms with E-state index in [1.807, 2.05) is 49.6 Å². The van der Waals surface area contributed by atoms with E-state index in [4.69, 9.17) is 0 Å². The summed E-state index contributed by atoms with van der Waals surface area (Å²) in [6.07, 6.45) is 5.10. The van der Waals surface area contributed by atoms with Crippen molar-refractivity contribution in [3.63, 3.8) is 0 Å². The predicted molar refractivity (Wildman–Crippen MR) is 93.2 cm³/mol. The Morgan fingerprint density at radius 3 is 2.91 bits per heavy atom. The zero-order valence-electron chi connectivity index (χ0n) is 12.5. The van der Waals surface area contributed by atoms with Crippen molar-refractivity contribution in [1.82, 2.24) is 4.98 Å². The first-order valence-corrected chi connectivity index (χ1v) is 7.90. The lowest BCUT2D eigenvalue weighted by atomic mass is 10.1. The van der Waals surface area contributed by atoms with Gasteiger partial charge in [-0.25, -0.2) is 0 Å². The number of rotatable bonds is 3. The Labute approximate surface area is 133 Å². The maximum absolute atomic E-state index is 12.1. The normalized spacial score (nSPS) is 11.2. The molecule has 2 aromatic heterocycles. The molecule has 0 aliphatic rings. The molecule has 0 fully saturated rings. The third kappa shape index (κ3) is 3.07. The monoisotopic (exact) mass is 308 g/mol. The number of benzene rings is 1. The molecule has 0 atom stereocenters. The van der Waals surface area contributed by atoms with Crippen LogP contribution in [0.3, 0.4) is 0 Å². The van der Waals surface area contributed by atoms with Gasteiger partial charge in [-0.05, 0) is 49.1 Å². The van der Waals surface area contributed by atoms with Crippen molar-refractivity contribution in [1.29, 1.82) is 0 Å². The first-order valence-electron chi connectivity index (χ1n) is 7.02. The number of fused-ring (bicyclic) bond motifs is 1. The van der Waals surface area contributed by atoms with Crippen molar-refractivity contribution in [2.24, 2.45) is 0 Å². The van der Waals surface area contributed by atoms with Crippen molar-refractivity contribution in [3.8, 4) is 0 Å². The van der Waals surface area contributed by atoms with E-state index in [0.29, 0.717) is 0 Å². The molecule has 1 aromatic carbocycles. The average molecular weight is 308 g/mol. The van der Waals surface area contributed by atoms with Gasteiger partial charge >= 0.3 is 0 Å². The second kappa shape index (κ2) is 6.12. The van der Waals surface area contributed by atoms with Gasteiger partial charge in [0.2, 0.25) is 5.91 Å². The zero-order chi connectivity index (χ0) is 15.5. The van der Waals surface area contributed by atoms with E-state index >= 15 is 0 Å². The van der Waals surface area contributed by atoms with Gasteiger partial charge in [0.25, 0.3) is 0 Å². The predicted octanol–water partition coefficient (Wildman–Crippen LogP) is 4.57. The molecule has 4 heteroatoms. The molecular formula is C18H16N2OS. The summed E-state index contributed by atoms with van der Waals surface area (Å²) in [5, 5.41) is 5.90. The highest BCUT2D eigenvalue weighted by Gasteiger charge is 2.07. The van der Waals surface area contributed by atoms with E-state index in [0.717, 1.165) is 32.6 Å². The average Bonchev–Trinajstić information content (AvgIpc) is 2.99. The van der Waals surface area contributed by atoms with E-state index in [2.05, 4.69) is 16.4 Å². The van der Waals surface area contributed by atoms with E-state index in [9.17, 15) is 4.79 Å². The largest absolute Gasteiger partial charge is 0.322 e. The number of amides is 1. The fourth-order valence-electron chi connectivity index (χ4n) is 2.44. The number of carbonyl (C=O) groups excluding carboxylic acids is 1. The van der Waals surface area contributed by atoms with Gasteiger partial charge in [0, 0.05) is 22.5 Å². The van der Waals surface area contributed by atoms with Crippen LogP contribution in [0.4, 0.5) is 5.69 Å². The Morgan fingerprint density at radius 2 is 2.14 bits per heavy atom. The minimum Gasteiger partial charge on any atom is -0.322 e. The molecule has 3 nitrogen and oxygen atoms in total. The van der Waals surface area contributed by atoms with Gasteiger partial charge in [0.1, 0.15) is 0 Å². The summed E-state index contributed by atoms with van der Waals surface area (Å²) in [5.41, 5.74) is 3.98. The first kappa shape index (κ1) is 14.5. The third-order valence-corrected chi connectivity index (χ3v) is 4.22. The summed E-state index contributed by atoms with van der Waals surface area (Å²) in [6.45, 7) is 4.08. The minimum absolute atomic E-state index is 0.139. The van der Waals surface area contributed by atoms with Crippen LogP contribution in [-0.4, -0.2) is 10.9 Å². The van der Waals surface area contributed by atoms with Crippen molar-refractivity contribution >= 4 is 39.9 Å². The SMILES string of the molecule is Cc1cc(C)c2nccc(NC(=O)/C=C/c3cccs3)c2c1. The lowest BCUT2D eigenvalue weighted by Gasteiger charge is -2.09. The van der Waals surface area contributed by atoms with E-state index in [1.54, 1.807) is 23.6 Å². The van der Waals surface area contributed by atoms with Crippen LogP contribution in [0.15, 0.2) is 48.0 Å². The highest BCUT2D eigenvalue weighted by atomic mass is 32.1. The zero-order valence-corrected chi connectivity index (χ0v) is 13.3. The lowest BCUT2D eigenvalue weighted by molar-refractivity contribution is -0.111. The van der Waals surface area contributed by atoms with Crippen LogP contribution in [0.25, 0.3) is 17.0 Å². The number of carbonyl (C=O) groups is 1. The van der Waals surface area contributed by atoms with Gasteiger partial charge < -0.3 is 5.32 Å². The van der Waals surface area contributed by atoms with Crippen molar-refractivity contribution in [2.75, 3.05) is 5.32 Å². The highest BCUT2D eigenvalue weighted by molar-refractivity contribution is 7.10. The molecule has 0 bridgehead atoms. The van der Waals surface area contributed by atoms with E-state index in [-0.39, 0.29) is 5.91 Å². The second-order valence-electron chi connectivity index (χ2n) is 5.17. The number of thiophene rings is 1. The molecule has 3 aromatic rings. The van der Waals surface area contributed by atoms with Crippen LogP contribution in [0.1, 0.15) is 16.0 Å². The molecule has 1 amide bonds. The quantitative estimate of drug-likeness (QED) is 0.720. The molecule has 0 spiro atoms. The molecule has 1 N–H and O–H groups in total. The van der Waals surface area contributed by atoms with E-state index < -0.39 is 0 Å². The highest BCUT2D eigenvalue weighted by Crippen LogP contribution is 2.25. The number of hydrogen-bond acceptors (Lipinski definition) is 3. The molecule has 0 saturated heterocycles. The number of nitrogens with zero attached hydrogens (tertiary/aromatic N) is 1. The number of hydrogen-bond donors (Lipinski definition) is 1. The molecule has 2 heterocycles. The van der Waals surface area contributed by atoms with Crippen LogP contribution in [0.5, 0.6) is 0 Å². The van der Waals surface area contributed by atoms with Gasteiger partial charge in [0.15, 0.2) is 0 Å². The summed E-state index contributed by atoms with van der Waals surface area (Å²) in [4.78, 5) is 17.6. The van der Waals surface area contributed by atoms with E-state index in [1.165, 1.54) is 0 Å².